The molecule has 1 aliphatic rings. The van der Waals surface area contributed by atoms with E-state index in [0.29, 0.717) is 12.6 Å². The zero-order valence-electron chi connectivity index (χ0n) is 11.2. The van der Waals surface area contributed by atoms with E-state index in [9.17, 15) is 4.79 Å². The Morgan fingerprint density at radius 3 is 2.80 bits per heavy atom. The summed E-state index contributed by atoms with van der Waals surface area (Å²) < 4.78 is 0. The topological polar surface area (TPSA) is 32.3 Å². The first-order valence-electron chi connectivity index (χ1n) is 6.92. The van der Waals surface area contributed by atoms with Gasteiger partial charge in [0.25, 0.3) is 5.91 Å². The molecule has 1 aliphatic heterocycles. The maximum Gasteiger partial charge on any atom is 0.261 e. The van der Waals surface area contributed by atoms with E-state index in [-0.39, 0.29) is 5.91 Å². The normalized spacial score (nSPS) is 17.2. The first kappa shape index (κ1) is 13.8. The molecule has 106 valence electrons. The van der Waals surface area contributed by atoms with Gasteiger partial charge in [-0.05, 0) is 59.8 Å². The van der Waals surface area contributed by atoms with Gasteiger partial charge in [-0.2, -0.15) is 11.3 Å². The smallest absolute Gasteiger partial charge is 0.261 e. The third kappa shape index (κ3) is 3.11. The van der Waals surface area contributed by atoms with E-state index in [4.69, 9.17) is 0 Å². The minimum Gasteiger partial charge on any atom is -0.349 e. The molecule has 0 saturated carbocycles. The Balaban J connectivity index is 1.66. The summed E-state index contributed by atoms with van der Waals surface area (Å²) in [5, 5.41) is 9.33. The lowest BCUT2D eigenvalue weighted by Gasteiger charge is -2.27. The zero-order valence-corrected chi connectivity index (χ0v) is 12.9. The van der Waals surface area contributed by atoms with Crippen molar-refractivity contribution in [3.8, 4) is 0 Å². The Labute approximate surface area is 127 Å². The molecule has 0 aromatic carbocycles. The van der Waals surface area contributed by atoms with Gasteiger partial charge in [0.1, 0.15) is 0 Å². The molecule has 1 saturated heterocycles. The zero-order chi connectivity index (χ0) is 13.8. The van der Waals surface area contributed by atoms with Gasteiger partial charge < -0.3 is 5.32 Å². The van der Waals surface area contributed by atoms with Gasteiger partial charge in [0, 0.05) is 6.54 Å². The lowest BCUT2D eigenvalue weighted by Crippen LogP contribution is -2.36. The van der Waals surface area contributed by atoms with E-state index in [1.807, 2.05) is 17.5 Å². The van der Waals surface area contributed by atoms with Crippen LogP contribution in [0.1, 0.15) is 34.1 Å². The van der Waals surface area contributed by atoms with E-state index in [2.05, 4.69) is 27.0 Å². The molecule has 3 nitrogen and oxygen atoms in total. The summed E-state index contributed by atoms with van der Waals surface area (Å²) in [4.78, 5) is 15.3. The molecule has 1 fully saturated rings. The van der Waals surface area contributed by atoms with Crippen LogP contribution in [-0.2, 0) is 0 Å². The minimum atomic E-state index is 0.0411. The van der Waals surface area contributed by atoms with Gasteiger partial charge in [-0.3, -0.25) is 9.69 Å². The quantitative estimate of drug-likeness (QED) is 0.918. The highest BCUT2D eigenvalue weighted by Gasteiger charge is 2.24. The molecule has 1 atom stereocenters. The van der Waals surface area contributed by atoms with Crippen molar-refractivity contribution >= 4 is 28.6 Å². The van der Waals surface area contributed by atoms with Crippen molar-refractivity contribution in [2.24, 2.45) is 0 Å². The highest BCUT2D eigenvalue weighted by atomic mass is 32.1. The van der Waals surface area contributed by atoms with Gasteiger partial charge in [0.05, 0.1) is 10.9 Å². The number of nitrogens with zero attached hydrogens (tertiary/aromatic N) is 1. The number of likely N-dealkylation sites (tertiary alicyclic amines) is 1. The second-order valence-electron chi connectivity index (χ2n) is 5.00. The Morgan fingerprint density at radius 1 is 1.30 bits per heavy atom. The SMILES string of the molecule is O=C(NCC(c1ccsc1)N1CCCC1)c1cccs1. The highest BCUT2D eigenvalue weighted by Crippen LogP contribution is 2.26. The summed E-state index contributed by atoms with van der Waals surface area (Å²) >= 11 is 3.21. The van der Waals surface area contributed by atoms with Gasteiger partial charge >= 0.3 is 0 Å². The lowest BCUT2D eigenvalue weighted by molar-refractivity contribution is 0.0942. The van der Waals surface area contributed by atoms with E-state index in [1.165, 1.54) is 29.7 Å². The van der Waals surface area contributed by atoms with Crippen LogP contribution in [0.25, 0.3) is 0 Å². The molecule has 0 aliphatic carbocycles. The number of rotatable bonds is 5. The summed E-state index contributed by atoms with van der Waals surface area (Å²) in [6, 6.07) is 6.27. The molecule has 3 rings (SSSR count). The fourth-order valence-corrected chi connectivity index (χ4v) is 4.01. The van der Waals surface area contributed by atoms with Crippen LogP contribution in [0.2, 0.25) is 0 Å². The number of carbonyl (C=O) groups is 1. The fourth-order valence-electron chi connectivity index (χ4n) is 2.66. The summed E-state index contributed by atoms with van der Waals surface area (Å²) in [6.07, 6.45) is 2.53. The molecular formula is C15H18N2OS2. The van der Waals surface area contributed by atoms with Crippen molar-refractivity contribution in [2.45, 2.75) is 18.9 Å². The predicted molar refractivity (Wildman–Crippen MR) is 84.5 cm³/mol. The average Bonchev–Trinajstić information content (AvgIpc) is 3.22. The molecule has 0 spiro atoms. The van der Waals surface area contributed by atoms with Crippen molar-refractivity contribution in [3.63, 3.8) is 0 Å². The van der Waals surface area contributed by atoms with Gasteiger partial charge in [0.2, 0.25) is 0 Å². The average molecular weight is 306 g/mol. The fraction of sp³-hybridized carbons (Fsp3) is 0.400. The Hall–Kier alpha value is -1.17. The number of thiophene rings is 2. The van der Waals surface area contributed by atoms with Crippen LogP contribution in [0.4, 0.5) is 0 Å². The Bertz CT molecular complexity index is 530. The van der Waals surface area contributed by atoms with Crippen LogP contribution in [-0.4, -0.2) is 30.4 Å². The van der Waals surface area contributed by atoms with Crippen LogP contribution in [0, 0.1) is 0 Å². The molecule has 2 aromatic rings. The van der Waals surface area contributed by atoms with Gasteiger partial charge in [-0.1, -0.05) is 6.07 Å². The number of nitrogens with one attached hydrogen (secondary N) is 1. The van der Waals surface area contributed by atoms with Crippen LogP contribution >= 0.6 is 22.7 Å². The number of hydrogen-bond acceptors (Lipinski definition) is 4. The Morgan fingerprint density at radius 2 is 2.15 bits per heavy atom. The molecule has 5 heteroatoms. The van der Waals surface area contributed by atoms with Crippen molar-refractivity contribution < 1.29 is 4.79 Å². The monoisotopic (exact) mass is 306 g/mol. The summed E-state index contributed by atoms with van der Waals surface area (Å²) in [6.45, 7) is 2.96. The molecule has 3 heterocycles. The van der Waals surface area contributed by atoms with E-state index in [1.54, 1.807) is 11.3 Å². The van der Waals surface area contributed by atoms with E-state index in [0.717, 1.165) is 18.0 Å². The lowest BCUT2D eigenvalue weighted by atomic mass is 10.1. The van der Waals surface area contributed by atoms with Crippen molar-refractivity contribution in [2.75, 3.05) is 19.6 Å². The molecule has 0 radical (unpaired) electrons. The molecular weight excluding hydrogens is 288 g/mol. The summed E-state index contributed by atoms with van der Waals surface area (Å²) in [5.41, 5.74) is 1.32. The molecule has 20 heavy (non-hydrogen) atoms. The standard InChI is InChI=1S/C15H18N2OS2/c18-15(14-4-3-8-20-14)16-10-13(12-5-9-19-11-12)17-6-1-2-7-17/h3-5,8-9,11,13H,1-2,6-7,10H2,(H,16,18). The maximum absolute atomic E-state index is 12.1. The molecule has 1 unspecified atom stereocenters. The molecule has 1 amide bonds. The van der Waals surface area contributed by atoms with Crippen LogP contribution in [0.5, 0.6) is 0 Å². The highest BCUT2D eigenvalue weighted by molar-refractivity contribution is 7.12. The Kier molecular flexibility index (Phi) is 4.50. The van der Waals surface area contributed by atoms with Crippen LogP contribution in [0.15, 0.2) is 34.3 Å². The molecule has 1 N–H and O–H groups in total. The maximum atomic E-state index is 12.1. The summed E-state index contributed by atoms with van der Waals surface area (Å²) in [5.74, 6) is 0.0411. The van der Waals surface area contributed by atoms with Gasteiger partial charge in [-0.25, -0.2) is 0 Å². The minimum absolute atomic E-state index is 0.0411. The second kappa shape index (κ2) is 6.52. The van der Waals surface area contributed by atoms with Gasteiger partial charge in [0.15, 0.2) is 0 Å². The molecule has 2 aromatic heterocycles. The van der Waals surface area contributed by atoms with Crippen LogP contribution < -0.4 is 5.32 Å². The third-order valence-electron chi connectivity index (χ3n) is 3.71. The largest absolute Gasteiger partial charge is 0.349 e. The van der Waals surface area contributed by atoms with Crippen LogP contribution in [0.3, 0.4) is 0 Å². The number of hydrogen-bond donors (Lipinski definition) is 1. The third-order valence-corrected chi connectivity index (χ3v) is 5.28. The van der Waals surface area contributed by atoms with Crippen molar-refractivity contribution in [1.29, 1.82) is 0 Å². The number of amides is 1. The predicted octanol–water partition coefficient (Wildman–Crippen LogP) is 3.38. The van der Waals surface area contributed by atoms with Crippen molar-refractivity contribution in [1.82, 2.24) is 10.2 Å². The number of carbonyl (C=O) groups excluding carboxylic acids is 1. The van der Waals surface area contributed by atoms with Crippen molar-refractivity contribution in [3.05, 3.63) is 44.8 Å². The molecule has 0 bridgehead atoms. The van der Waals surface area contributed by atoms with E-state index < -0.39 is 0 Å². The second-order valence-corrected chi connectivity index (χ2v) is 6.73. The van der Waals surface area contributed by atoms with E-state index >= 15 is 0 Å². The summed E-state index contributed by atoms with van der Waals surface area (Å²) in [7, 11) is 0. The first-order valence-corrected chi connectivity index (χ1v) is 8.74. The van der Waals surface area contributed by atoms with Gasteiger partial charge in [-0.15, -0.1) is 11.3 Å². The first-order chi connectivity index (χ1) is 9.84.